The van der Waals surface area contributed by atoms with Gasteiger partial charge in [-0.2, -0.15) is 0 Å². The van der Waals surface area contributed by atoms with Crippen LogP contribution >= 0.6 is 0 Å². The third kappa shape index (κ3) is 0.985. The molecule has 64 valence electrons. The maximum Gasteiger partial charge on any atom is 0.155 e. The maximum atomic E-state index is 3.29. The summed E-state index contributed by atoms with van der Waals surface area (Å²) in [6.45, 7) is 0. The Kier molecular flexibility index (Phi) is 1.50. The van der Waals surface area contributed by atoms with Crippen LogP contribution in [0.5, 0.6) is 0 Å². The molecule has 1 aliphatic rings. The Morgan fingerprint density at radius 1 is 0.714 bits per heavy atom. The molecule has 0 saturated heterocycles. The van der Waals surface area contributed by atoms with Crippen LogP contribution in [0.4, 0.5) is 0 Å². The minimum Gasteiger partial charge on any atom is -0.0590 e. The summed E-state index contributed by atoms with van der Waals surface area (Å²) >= 11 is 0. The molecular weight excluding hydrogens is 168 g/mol. The fourth-order valence-electron chi connectivity index (χ4n) is 1.87. The molecule has 0 N–H and O–H groups in total. The first-order chi connectivity index (χ1) is 6.95. The third-order valence-electron chi connectivity index (χ3n) is 2.56. The molecule has 0 unspecified atom stereocenters. The zero-order valence-electron chi connectivity index (χ0n) is 7.70. The van der Waals surface area contributed by atoms with Gasteiger partial charge in [-0.15, -0.1) is 0 Å². The highest BCUT2D eigenvalue weighted by Gasteiger charge is 2.18. The van der Waals surface area contributed by atoms with Crippen LogP contribution in [0.2, 0.25) is 0 Å². The molecule has 0 bridgehead atoms. The van der Waals surface area contributed by atoms with E-state index in [-0.39, 0.29) is 0 Å². The lowest BCUT2D eigenvalue weighted by atomic mass is 9.91. The predicted molar refractivity (Wildman–Crippen MR) is 58.7 cm³/mol. The van der Waals surface area contributed by atoms with Gasteiger partial charge >= 0.3 is 0 Å². The van der Waals surface area contributed by atoms with Crippen molar-refractivity contribution in [1.29, 1.82) is 0 Å². The van der Waals surface area contributed by atoms with Gasteiger partial charge in [0.25, 0.3) is 0 Å². The van der Waals surface area contributed by atoms with Crippen molar-refractivity contribution in [3.63, 3.8) is 0 Å². The molecule has 0 spiro atoms. The van der Waals surface area contributed by atoms with Crippen molar-refractivity contribution in [1.82, 2.24) is 0 Å². The van der Waals surface area contributed by atoms with E-state index in [1.807, 2.05) is 6.07 Å². The smallest absolute Gasteiger partial charge is 0.0590 e. The second-order valence-corrected chi connectivity index (χ2v) is 3.42. The Labute approximate surface area is 83.5 Å². The zero-order valence-corrected chi connectivity index (χ0v) is 7.70. The van der Waals surface area contributed by atoms with Gasteiger partial charge < -0.3 is 0 Å². The minimum absolute atomic E-state index is 1.19. The SMILES string of the molecule is [C+]1=Cc2ccccc2-c2ccccc21. The highest BCUT2D eigenvalue weighted by molar-refractivity contribution is 5.82. The van der Waals surface area contributed by atoms with Crippen LogP contribution in [0.3, 0.4) is 0 Å². The molecule has 0 aromatic heterocycles. The van der Waals surface area contributed by atoms with E-state index < -0.39 is 0 Å². The van der Waals surface area contributed by atoms with E-state index >= 15 is 0 Å². The van der Waals surface area contributed by atoms with Crippen LogP contribution < -0.4 is 0 Å². The average Bonchev–Trinajstić information content (AvgIpc) is 2.29. The average molecular weight is 177 g/mol. The molecule has 0 aliphatic heterocycles. The van der Waals surface area contributed by atoms with Crippen LogP contribution in [0, 0.1) is 6.08 Å². The molecule has 1 aliphatic carbocycles. The molecule has 0 atom stereocenters. The Hall–Kier alpha value is -1.91. The van der Waals surface area contributed by atoms with Gasteiger partial charge in [-0.25, -0.2) is 0 Å². The summed E-state index contributed by atoms with van der Waals surface area (Å²) in [6, 6.07) is 16.8. The Morgan fingerprint density at radius 3 is 2.36 bits per heavy atom. The van der Waals surface area contributed by atoms with E-state index in [0.29, 0.717) is 0 Å². The molecule has 2 aromatic rings. The first-order valence-corrected chi connectivity index (χ1v) is 4.73. The molecular formula is C14H9+. The van der Waals surface area contributed by atoms with E-state index in [1.165, 1.54) is 22.3 Å². The van der Waals surface area contributed by atoms with Crippen molar-refractivity contribution >= 4 is 6.08 Å². The molecule has 0 heterocycles. The summed E-state index contributed by atoms with van der Waals surface area (Å²) in [7, 11) is 0. The van der Waals surface area contributed by atoms with Crippen molar-refractivity contribution in [2.45, 2.75) is 0 Å². The predicted octanol–water partition coefficient (Wildman–Crippen LogP) is 3.53. The molecule has 14 heavy (non-hydrogen) atoms. The number of benzene rings is 2. The highest BCUT2D eigenvalue weighted by Crippen LogP contribution is 2.31. The quantitative estimate of drug-likeness (QED) is 0.461. The van der Waals surface area contributed by atoms with E-state index in [2.05, 4.69) is 54.6 Å². The van der Waals surface area contributed by atoms with Gasteiger partial charge in [0, 0.05) is 12.1 Å². The zero-order chi connectivity index (χ0) is 9.38. The van der Waals surface area contributed by atoms with Crippen molar-refractivity contribution in [3.8, 4) is 11.1 Å². The standard InChI is InChI=1S/C14H9/c1-3-7-13-11(5-1)9-10-12-6-2-4-8-14(12)13/h1-9H/q+1. The second-order valence-electron chi connectivity index (χ2n) is 3.42. The molecule has 0 heteroatoms. The lowest BCUT2D eigenvalue weighted by Crippen LogP contribution is -1.91. The lowest BCUT2D eigenvalue weighted by Gasteiger charge is -2.05. The van der Waals surface area contributed by atoms with E-state index in [9.17, 15) is 0 Å². The summed E-state index contributed by atoms with van der Waals surface area (Å²) in [5.74, 6) is 0. The summed E-state index contributed by atoms with van der Waals surface area (Å²) in [6.07, 6.45) is 5.35. The monoisotopic (exact) mass is 177 g/mol. The normalized spacial score (nSPS) is 11.4. The van der Waals surface area contributed by atoms with Gasteiger partial charge in [-0.05, 0) is 30.3 Å². The molecule has 2 aromatic carbocycles. The first kappa shape index (κ1) is 7.49. The largest absolute Gasteiger partial charge is 0.155 e. The Morgan fingerprint density at radius 2 is 1.43 bits per heavy atom. The molecule has 3 rings (SSSR count). The maximum absolute atomic E-state index is 3.29. The summed E-state index contributed by atoms with van der Waals surface area (Å²) in [5, 5.41) is 0. The topological polar surface area (TPSA) is 0 Å². The fourth-order valence-corrected chi connectivity index (χ4v) is 1.87. The van der Waals surface area contributed by atoms with Gasteiger partial charge in [-0.3, -0.25) is 0 Å². The Balaban J connectivity index is 2.36. The van der Waals surface area contributed by atoms with E-state index in [1.54, 1.807) is 0 Å². The molecule has 0 saturated carbocycles. The minimum atomic E-state index is 1.19. The second kappa shape index (κ2) is 2.80. The van der Waals surface area contributed by atoms with Gasteiger partial charge in [0.05, 0.1) is 22.8 Å². The lowest BCUT2D eigenvalue weighted by molar-refractivity contribution is 1.50. The van der Waals surface area contributed by atoms with Crippen LogP contribution in [0.25, 0.3) is 17.2 Å². The number of hydrogen-bond acceptors (Lipinski definition) is 0. The molecule has 0 fully saturated rings. The molecule has 0 amide bonds. The fraction of sp³-hybridized carbons (Fsp3) is 0. The molecule has 0 radical (unpaired) electrons. The summed E-state index contributed by atoms with van der Waals surface area (Å²) < 4.78 is 0. The van der Waals surface area contributed by atoms with E-state index in [0.717, 1.165) is 0 Å². The van der Waals surface area contributed by atoms with Crippen molar-refractivity contribution < 1.29 is 0 Å². The van der Waals surface area contributed by atoms with Gasteiger partial charge in [0.15, 0.2) is 5.56 Å². The molecule has 0 nitrogen and oxygen atoms in total. The van der Waals surface area contributed by atoms with Crippen molar-refractivity contribution in [3.05, 3.63) is 65.7 Å². The van der Waals surface area contributed by atoms with Crippen LogP contribution in [0.15, 0.2) is 48.5 Å². The first-order valence-electron chi connectivity index (χ1n) is 4.73. The van der Waals surface area contributed by atoms with Crippen molar-refractivity contribution in [2.75, 3.05) is 0 Å². The summed E-state index contributed by atoms with van der Waals surface area (Å²) in [4.78, 5) is 0. The van der Waals surface area contributed by atoms with Crippen LogP contribution in [0.1, 0.15) is 11.1 Å². The number of hydrogen-bond donors (Lipinski definition) is 0. The third-order valence-corrected chi connectivity index (χ3v) is 2.56. The van der Waals surface area contributed by atoms with Crippen LogP contribution in [-0.2, 0) is 0 Å². The van der Waals surface area contributed by atoms with E-state index in [4.69, 9.17) is 0 Å². The Bertz CT molecular complexity index is 459. The highest BCUT2D eigenvalue weighted by atomic mass is 14.1. The number of fused-ring (bicyclic) bond motifs is 3. The van der Waals surface area contributed by atoms with Crippen molar-refractivity contribution in [2.24, 2.45) is 0 Å². The van der Waals surface area contributed by atoms with Gasteiger partial charge in [-0.1, -0.05) is 12.1 Å². The van der Waals surface area contributed by atoms with Gasteiger partial charge in [0.2, 0.25) is 0 Å². The van der Waals surface area contributed by atoms with Crippen LogP contribution in [-0.4, -0.2) is 0 Å². The van der Waals surface area contributed by atoms with Gasteiger partial charge in [0.1, 0.15) is 0 Å². The summed E-state index contributed by atoms with van der Waals surface area (Å²) in [5.41, 5.74) is 5.03. The number of rotatable bonds is 0.